The highest BCUT2D eigenvalue weighted by atomic mass is 16.6. The molecule has 118 valence electrons. The number of nitro benzene ring substituents is 1. The smallest absolute Gasteiger partial charge is 0.312 e. The molecule has 22 heavy (non-hydrogen) atoms. The first kappa shape index (κ1) is 17.4. The Labute approximate surface area is 128 Å². The maximum Gasteiger partial charge on any atom is 0.312 e. The van der Waals surface area contributed by atoms with Crippen LogP contribution in [-0.2, 0) is 9.59 Å². The summed E-state index contributed by atoms with van der Waals surface area (Å²) in [5.74, 6) is -0.926. The first-order valence-corrected chi connectivity index (χ1v) is 6.82. The molecule has 0 unspecified atom stereocenters. The zero-order valence-corrected chi connectivity index (χ0v) is 12.7. The quantitative estimate of drug-likeness (QED) is 0.265. The Morgan fingerprint density at radius 3 is 2.45 bits per heavy atom. The Morgan fingerprint density at radius 2 is 1.95 bits per heavy atom. The number of amides is 1. The average Bonchev–Trinajstić information content (AvgIpc) is 2.46. The summed E-state index contributed by atoms with van der Waals surface area (Å²) in [7, 11) is 0. The van der Waals surface area contributed by atoms with E-state index in [1.807, 2.05) is 13.8 Å². The van der Waals surface area contributed by atoms with Crippen LogP contribution in [0.5, 0.6) is 5.75 Å². The first-order valence-electron chi connectivity index (χ1n) is 6.82. The van der Waals surface area contributed by atoms with E-state index >= 15 is 0 Å². The maximum absolute atomic E-state index is 11.8. The molecular weight excluding hydrogens is 288 g/mol. The van der Waals surface area contributed by atoms with E-state index in [2.05, 4.69) is 0 Å². The van der Waals surface area contributed by atoms with Crippen LogP contribution in [0.15, 0.2) is 24.3 Å². The Bertz CT molecular complexity index is 606. The molecule has 0 saturated heterocycles. The van der Waals surface area contributed by atoms with Crippen LogP contribution >= 0.6 is 0 Å². The number of hydrogen-bond acceptors (Lipinski definition) is 5. The summed E-state index contributed by atoms with van der Waals surface area (Å²) in [5, 5.41) is 11.0. The van der Waals surface area contributed by atoms with E-state index in [0.29, 0.717) is 18.7 Å². The van der Waals surface area contributed by atoms with Gasteiger partial charge in [-0.15, -0.1) is 0 Å². The molecule has 0 aliphatic carbocycles. The minimum Gasteiger partial charge on any atom is -0.419 e. The van der Waals surface area contributed by atoms with Crippen LogP contribution in [0, 0.1) is 10.1 Å². The molecule has 1 rings (SSSR count). The Morgan fingerprint density at radius 1 is 1.32 bits per heavy atom. The van der Waals surface area contributed by atoms with Gasteiger partial charge in [0.05, 0.1) is 4.92 Å². The third-order valence-corrected chi connectivity index (χ3v) is 2.93. The molecule has 0 radical (unpaired) electrons. The van der Waals surface area contributed by atoms with Crippen molar-refractivity contribution in [1.29, 1.82) is 0 Å². The number of esters is 1. The lowest BCUT2D eigenvalue weighted by Gasteiger charge is -2.15. The molecule has 0 N–H and O–H groups in total. The number of carbonyl (C=O) groups is 2. The Hall–Kier alpha value is -2.70. The van der Waals surface area contributed by atoms with Crippen molar-refractivity contribution in [1.82, 2.24) is 4.90 Å². The number of nitrogens with zero attached hydrogens (tertiary/aromatic N) is 2. The molecule has 0 bridgehead atoms. The zero-order chi connectivity index (χ0) is 16.7. The fraction of sp³-hybridized carbons (Fsp3) is 0.333. The van der Waals surface area contributed by atoms with Gasteiger partial charge >= 0.3 is 11.7 Å². The highest BCUT2D eigenvalue weighted by molar-refractivity contribution is 5.91. The summed E-state index contributed by atoms with van der Waals surface area (Å²) in [6.45, 7) is 6.08. The van der Waals surface area contributed by atoms with Gasteiger partial charge < -0.3 is 9.64 Å². The van der Waals surface area contributed by atoms with Crippen LogP contribution in [-0.4, -0.2) is 34.8 Å². The molecule has 0 fully saturated rings. The number of rotatable bonds is 6. The van der Waals surface area contributed by atoms with Gasteiger partial charge in [0.1, 0.15) is 0 Å². The van der Waals surface area contributed by atoms with Crippen molar-refractivity contribution < 1.29 is 19.2 Å². The molecule has 0 aliphatic rings. The number of hydrogen-bond donors (Lipinski definition) is 0. The topological polar surface area (TPSA) is 89.8 Å². The molecule has 0 aliphatic heterocycles. The Kier molecular flexibility index (Phi) is 6.25. The molecule has 7 heteroatoms. The van der Waals surface area contributed by atoms with Crippen LogP contribution in [0.3, 0.4) is 0 Å². The minimum atomic E-state index is -0.637. The predicted molar refractivity (Wildman–Crippen MR) is 81.4 cm³/mol. The molecule has 0 saturated carbocycles. The average molecular weight is 306 g/mol. The third-order valence-electron chi connectivity index (χ3n) is 2.93. The van der Waals surface area contributed by atoms with E-state index in [4.69, 9.17) is 4.74 Å². The second kappa shape index (κ2) is 7.92. The van der Waals surface area contributed by atoms with Crippen molar-refractivity contribution in [2.45, 2.75) is 20.8 Å². The maximum atomic E-state index is 11.8. The van der Waals surface area contributed by atoms with E-state index in [-0.39, 0.29) is 17.3 Å². The fourth-order valence-corrected chi connectivity index (χ4v) is 1.83. The highest BCUT2D eigenvalue weighted by Gasteiger charge is 2.17. The third kappa shape index (κ3) is 4.69. The van der Waals surface area contributed by atoms with Crippen molar-refractivity contribution in [2.24, 2.45) is 0 Å². The fourth-order valence-electron chi connectivity index (χ4n) is 1.83. The van der Waals surface area contributed by atoms with Crippen molar-refractivity contribution in [3.63, 3.8) is 0 Å². The lowest BCUT2D eigenvalue weighted by atomic mass is 10.1. The van der Waals surface area contributed by atoms with Gasteiger partial charge in [-0.25, -0.2) is 0 Å². The van der Waals surface area contributed by atoms with E-state index in [1.54, 1.807) is 4.90 Å². The van der Waals surface area contributed by atoms with Gasteiger partial charge in [0, 0.05) is 32.2 Å². The van der Waals surface area contributed by atoms with Gasteiger partial charge in [-0.3, -0.25) is 19.7 Å². The SMILES string of the molecule is CCN(CC)C(=O)C=Cc1ccc(OC(C)=O)c([N+](=O)[O-])c1. The number of nitro groups is 1. The largest absolute Gasteiger partial charge is 0.419 e. The van der Waals surface area contributed by atoms with Gasteiger partial charge in [-0.2, -0.15) is 0 Å². The second-order valence-corrected chi connectivity index (χ2v) is 4.42. The van der Waals surface area contributed by atoms with Crippen molar-refractivity contribution in [3.8, 4) is 5.75 Å². The van der Waals surface area contributed by atoms with Crippen LogP contribution in [0.25, 0.3) is 6.08 Å². The van der Waals surface area contributed by atoms with Crippen molar-refractivity contribution >= 4 is 23.6 Å². The van der Waals surface area contributed by atoms with Gasteiger partial charge in [0.15, 0.2) is 0 Å². The first-order chi connectivity index (χ1) is 10.4. The number of benzene rings is 1. The molecule has 1 amide bonds. The summed E-state index contributed by atoms with van der Waals surface area (Å²) in [5.41, 5.74) is 0.149. The summed E-state index contributed by atoms with van der Waals surface area (Å²) < 4.78 is 4.78. The molecule has 7 nitrogen and oxygen atoms in total. The monoisotopic (exact) mass is 306 g/mol. The van der Waals surface area contributed by atoms with Crippen LogP contribution < -0.4 is 4.74 Å². The molecule has 1 aromatic rings. The Balaban J connectivity index is 3.02. The standard InChI is InChI=1S/C15H18N2O5/c1-4-16(5-2)15(19)9-7-12-6-8-14(22-11(3)18)13(10-12)17(20)21/h6-10H,4-5H2,1-3H3. The number of likely N-dealkylation sites (N-methyl/N-ethyl adjacent to an activating group) is 1. The van der Waals surface area contributed by atoms with Crippen LogP contribution in [0.1, 0.15) is 26.3 Å². The normalized spacial score (nSPS) is 10.5. The van der Waals surface area contributed by atoms with E-state index in [0.717, 1.165) is 0 Å². The summed E-state index contributed by atoms with van der Waals surface area (Å²) in [4.78, 5) is 34.8. The van der Waals surface area contributed by atoms with E-state index in [1.165, 1.54) is 37.3 Å². The van der Waals surface area contributed by atoms with Crippen LogP contribution in [0.4, 0.5) is 5.69 Å². The van der Waals surface area contributed by atoms with Gasteiger partial charge in [-0.05, 0) is 31.6 Å². The molecule has 0 heterocycles. The van der Waals surface area contributed by atoms with E-state index in [9.17, 15) is 19.7 Å². The number of ether oxygens (including phenoxy) is 1. The lowest BCUT2D eigenvalue weighted by Crippen LogP contribution is -2.28. The second-order valence-electron chi connectivity index (χ2n) is 4.42. The van der Waals surface area contributed by atoms with Crippen LogP contribution in [0.2, 0.25) is 0 Å². The lowest BCUT2D eigenvalue weighted by molar-refractivity contribution is -0.385. The molecule has 0 aromatic heterocycles. The molecule has 0 atom stereocenters. The summed E-state index contributed by atoms with van der Waals surface area (Å²) in [6, 6.07) is 4.13. The van der Waals surface area contributed by atoms with Crippen molar-refractivity contribution in [3.05, 3.63) is 40.0 Å². The summed E-state index contributed by atoms with van der Waals surface area (Å²) in [6.07, 6.45) is 2.85. The highest BCUT2D eigenvalue weighted by Crippen LogP contribution is 2.28. The van der Waals surface area contributed by atoms with Gasteiger partial charge in [-0.1, -0.05) is 6.07 Å². The van der Waals surface area contributed by atoms with Crippen molar-refractivity contribution in [2.75, 3.05) is 13.1 Å². The minimum absolute atomic E-state index is 0.121. The van der Waals surface area contributed by atoms with Gasteiger partial charge in [0.25, 0.3) is 0 Å². The zero-order valence-electron chi connectivity index (χ0n) is 12.7. The summed E-state index contributed by atoms with van der Waals surface area (Å²) >= 11 is 0. The molecular formula is C15H18N2O5. The van der Waals surface area contributed by atoms with E-state index < -0.39 is 10.9 Å². The number of carbonyl (C=O) groups excluding carboxylic acids is 2. The predicted octanol–water partition coefficient (Wildman–Crippen LogP) is 2.40. The van der Waals surface area contributed by atoms with Gasteiger partial charge in [0.2, 0.25) is 11.7 Å². The molecule has 1 aromatic carbocycles. The molecule has 0 spiro atoms.